The molecule has 13 heteroatoms. The van der Waals surface area contributed by atoms with E-state index in [0.717, 1.165) is 29.9 Å². The number of hydrogen-bond donors (Lipinski definition) is 2. The normalized spacial score (nSPS) is 17.7. The van der Waals surface area contributed by atoms with Crippen molar-refractivity contribution in [1.29, 1.82) is 0 Å². The van der Waals surface area contributed by atoms with Gasteiger partial charge in [0.25, 0.3) is 5.91 Å². The molecule has 0 unspecified atom stereocenters. The summed E-state index contributed by atoms with van der Waals surface area (Å²) in [6, 6.07) is 4.68. The highest BCUT2D eigenvalue weighted by Gasteiger charge is 2.44. The molecule has 10 nitrogen and oxygen atoms in total. The van der Waals surface area contributed by atoms with Gasteiger partial charge in [0, 0.05) is 31.9 Å². The molecule has 5 heterocycles. The summed E-state index contributed by atoms with van der Waals surface area (Å²) in [4.78, 5) is 33.6. The Labute approximate surface area is 216 Å². The largest absolute Gasteiger partial charge is 0.437 e. The Bertz CT molecular complexity index is 1320. The Hall–Kier alpha value is -4.00. The van der Waals surface area contributed by atoms with E-state index in [-0.39, 0.29) is 17.5 Å². The van der Waals surface area contributed by atoms with E-state index in [0.29, 0.717) is 43.5 Å². The molecule has 0 aromatic carbocycles. The van der Waals surface area contributed by atoms with Gasteiger partial charge in [0.05, 0.1) is 18.0 Å². The molecular formula is C25H26F3N7O3. The molecule has 3 aromatic heterocycles. The van der Waals surface area contributed by atoms with Crippen molar-refractivity contribution in [2.75, 3.05) is 28.2 Å². The lowest BCUT2D eigenvalue weighted by Gasteiger charge is -2.44. The first-order valence-corrected chi connectivity index (χ1v) is 12.2. The summed E-state index contributed by atoms with van der Waals surface area (Å²) in [6.45, 7) is 4.94. The number of carbonyl (C=O) groups excluding carboxylic acids is 1. The van der Waals surface area contributed by atoms with Gasteiger partial charge in [-0.15, -0.1) is 0 Å². The summed E-state index contributed by atoms with van der Waals surface area (Å²) in [5, 5.41) is 13.5. The van der Waals surface area contributed by atoms with Crippen LogP contribution < -0.4 is 19.9 Å². The van der Waals surface area contributed by atoms with E-state index in [1.807, 2.05) is 11.8 Å². The van der Waals surface area contributed by atoms with Gasteiger partial charge in [-0.1, -0.05) is 6.07 Å². The zero-order valence-electron chi connectivity index (χ0n) is 20.7. The molecule has 3 aromatic rings. The zero-order chi connectivity index (χ0) is 27.0. The standard InChI is InChI=1S/C25H26F3N7O3/c1-3-34-20(14(2)36)23(37)35-10-4-5-17-21(35)22(34)33-24(32-17)31-12-15-6-9-19(30-11-15)38-16-7-8-18(29-13-16)25(26,27)28/h6-9,11,13-14,20,36H,3-5,10,12H2,1-2H3,(H,31,32,33)/t14-,20-/m0/s1. The number of nitrogens with zero attached hydrogens (tertiary/aromatic N) is 6. The highest BCUT2D eigenvalue weighted by Crippen LogP contribution is 2.41. The van der Waals surface area contributed by atoms with Crippen LogP contribution in [0, 0.1) is 0 Å². The first-order valence-electron chi connectivity index (χ1n) is 12.2. The van der Waals surface area contributed by atoms with E-state index in [2.05, 4.69) is 20.3 Å². The van der Waals surface area contributed by atoms with Gasteiger partial charge in [0.15, 0.2) is 5.82 Å². The minimum absolute atomic E-state index is 0.135. The Morgan fingerprint density at radius 3 is 2.63 bits per heavy atom. The van der Waals surface area contributed by atoms with Crippen molar-refractivity contribution in [3.8, 4) is 11.6 Å². The maximum absolute atomic E-state index is 13.1. The van der Waals surface area contributed by atoms with Gasteiger partial charge >= 0.3 is 6.18 Å². The Morgan fingerprint density at radius 2 is 2.00 bits per heavy atom. The first kappa shape index (κ1) is 25.6. The second kappa shape index (κ2) is 10.0. The number of pyridine rings is 2. The summed E-state index contributed by atoms with van der Waals surface area (Å²) in [5.74, 6) is 1.22. The van der Waals surface area contributed by atoms with Crippen LogP contribution in [0.25, 0.3) is 0 Å². The third kappa shape index (κ3) is 4.93. The molecule has 2 N–H and O–H groups in total. The van der Waals surface area contributed by atoms with E-state index >= 15 is 0 Å². The second-order valence-corrected chi connectivity index (χ2v) is 9.07. The van der Waals surface area contributed by atoms with E-state index in [1.165, 1.54) is 6.07 Å². The fourth-order valence-corrected chi connectivity index (χ4v) is 4.68. The summed E-state index contributed by atoms with van der Waals surface area (Å²) < 4.78 is 43.5. The molecule has 5 rings (SSSR count). The van der Waals surface area contributed by atoms with Crippen molar-refractivity contribution < 1.29 is 27.8 Å². The average molecular weight is 530 g/mol. The number of anilines is 3. The molecule has 0 radical (unpaired) electrons. The molecule has 0 saturated carbocycles. The molecule has 0 aliphatic carbocycles. The molecule has 0 saturated heterocycles. The molecule has 1 amide bonds. The third-order valence-electron chi connectivity index (χ3n) is 6.42. The summed E-state index contributed by atoms with van der Waals surface area (Å²) in [5.41, 5.74) is 1.29. The molecular weight excluding hydrogens is 503 g/mol. The SMILES string of the molecule is CCN1c2nc(NCc3ccc(Oc4ccc(C(F)(F)F)nc4)nc3)nc3c2N(CCC3)C(=O)[C@@H]1[C@H](C)O. The molecule has 0 fully saturated rings. The second-order valence-electron chi connectivity index (χ2n) is 9.07. The van der Waals surface area contributed by atoms with Crippen molar-refractivity contribution in [1.82, 2.24) is 19.9 Å². The number of likely N-dealkylation sites (N-methyl/N-ethyl adjacent to an activating group) is 1. The third-order valence-corrected chi connectivity index (χ3v) is 6.42. The predicted molar refractivity (Wildman–Crippen MR) is 132 cm³/mol. The highest BCUT2D eigenvalue weighted by atomic mass is 19.4. The van der Waals surface area contributed by atoms with Crippen molar-refractivity contribution in [3.63, 3.8) is 0 Å². The number of aliphatic hydroxyl groups is 1. The van der Waals surface area contributed by atoms with Crippen LogP contribution in [-0.4, -0.2) is 56.2 Å². The molecule has 200 valence electrons. The smallest absolute Gasteiger partial charge is 0.433 e. The van der Waals surface area contributed by atoms with Crippen LogP contribution >= 0.6 is 0 Å². The number of ether oxygens (including phenoxy) is 1. The maximum Gasteiger partial charge on any atom is 0.433 e. The van der Waals surface area contributed by atoms with Crippen LogP contribution in [0.5, 0.6) is 11.6 Å². The number of carbonyl (C=O) groups is 1. The minimum atomic E-state index is -4.52. The van der Waals surface area contributed by atoms with Crippen molar-refractivity contribution >= 4 is 23.4 Å². The number of aryl methyl sites for hydroxylation is 1. The average Bonchev–Trinajstić information content (AvgIpc) is 2.89. The first-order chi connectivity index (χ1) is 18.2. The summed E-state index contributed by atoms with van der Waals surface area (Å²) >= 11 is 0. The van der Waals surface area contributed by atoms with Gasteiger partial charge in [-0.25, -0.2) is 15.0 Å². The van der Waals surface area contributed by atoms with Crippen LogP contribution in [0.15, 0.2) is 36.7 Å². The fraction of sp³-hybridized carbons (Fsp3) is 0.400. The van der Waals surface area contributed by atoms with Gasteiger partial charge in [-0.3, -0.25) is 4.79 Å². The fourth-order valence-electron chi connectivity index (χ4n) is 4.68. The number of halogens is 3. The van der Waals surface area contributed by atoms with Crippen molar-refractivity contribution in [2.24, 2.45) is 0 Å². The Morgan fingerprint density at radius 1 is 1.18 bits per heavy atom. The summed E-state index contributed by atoms with van der Waals surface area (Å²) in [6.07, 6.45) is -1.33. The topological polar surface area (TPSA) is 117 Å². The number of rotatable bonds is 7. The van der Waals surface area contributed by atoms with Crippen LogP contribution in [0.4, 0.5) is 30.6 Å². The van der Waals surface area contributed by atoms with Gasteiger partial charge in [-0.2, -0.15) is 18.2 Å². The summed E-state index contributed by atoms with van der Waals surface area (Å²) in [7, 11) is 0. The number of aromatic nitrogens is 4. The van der Waals surface area contributed by atoms with Gasteiger partial charge in [-0.05, 0) is 44.4 Å². The van der Waals surface area contributed by atoms with Crippen LogP contribution in [-0.2, 0) is 23.9 Å². The number of amides is 1. The Balaban J connectivity index is 1.30. The molecule has 0 bridgehead atoms. The van der Waals surface area contributed by atoms with E-state index in [9.17, 15) is 23.1 Å². The van der Waals surface area contributed by atoms with Crippen LogP contribution in [0.1, 0.15) is 37.2 Å². The molecule has 2 aliphatic heterocycles. The molecule has 38 heavy (non-hydrogen) atoms. The minimum Gasteiger partial charge on any atom is -0.437 e. The number of hydrogen-bond acceptors (Lipinski definition) is 9. The van der Waals surface area contributed by atoms with Crippen molar-refractivity contribution in [2.45, 2.75) is 51.6 Å². The highest BCUT2D eigenvalue weighted by molar-refractivity contribution is 6.06. The van der Waals surface area contributed by atoms with E-state index in [4.69, 9.17) is 9.72 Å². The van der Waals surface area contributed by atoms with Gasteiger partial charge in [0.2, 0.25) is 11.8 Å². The number of aliphatic hydroxyl groups excluding tert-OH is 1. The predicted octanol–water partition coefficient (Wildman–Crippen LogP) is 3.56. The van der Waals surface area contributed by atoms with Crippen molar-refractivity contribution in [3.05, 3.63) is 53.6 Å². The van der Waals surface area contributed by atoms with E-state index in [1.54, 1.807) is 30.2 Å². The monoisotopic (exact) mass is 529 g/mol. The lowest BCUT2D eigenvalue weighted by atomic mass is 9.99. The Kier molecular flexibility index (Phi) is 6.78. The molecule has 2 aliphatic rings. The number of alkyl halides is 3. The van der Waals surface area contributed by atoms with Crippen LogP contribution in [0.3, 0.4) is 0 Å². The van der Waals surface area contributed by atoms with E-state index < -0.39 is 24.0 Å². The van der Waals surface area contributed by atoms with Gasteiger partial charge < -0.3 is 25.0 Å². The van der Waals surface area contributed by atoms with Gasteiger partial charge in [0.1, 0.15) is 23.2 Å². The lowest BCUT2D eigenvalue weighted by molar-refractivity contribution is -0.141. The molecule has 2 atom stereocenters. The van der Waals surface area contributed by atoms with Crippen LogP contribution in [0.2, 0.25) is 0 Å². The number of nitrogens with one attached hydrogen (secondary N) is 1. The quantitative estimate of drug-likeness (QED) is 0.474. The zero-order valence-corrected chi connectivity index (χ0v) is 20.7. The molecule has 0 spiro atoms. The lowest BCUT2D eigenvalue weighted by Crippen LogP contribution is -2.59. The maximum atomic E-state index is 13.1.